The van der Waals surface area contributed by atoms with Crippen LogP contribution in [0.1, 0.15) is 92.4 Å². The molecule has 0 unspecified atom stereocenters. The summed E-state index contributed by atoms with van der Waals surface area (Å²) in [6, 6.07) is 0. The molecule has 11 atom stereocenters. The van der Waals surface area contributed by atoms with Gasteiger partial charge in [0.1, 0.15) is 12.2 Å². The summed E-state index contributed by atoms with van der Waals surface area (Å²) in [5, 5.41) is 11.8. The first-order valence-electron chi connectivity index (χ1n) is 14.0. The highest BCUT2D eigenvalue weighted by atomic mass is 16.6. The summed E-state index contributed by atoms with van der Waals surface area (Å²) in [5.74, 6) is 0.887. The van der Waals surface area contributed by atoms with Crippen LogP contribution in [0.3, 0.4) is 0 Å². The summed E-state index contributed by atoms with van der Waals surface area (Å²) < 4.78 is 16.4. The standard InChI is InChI=1S/C29H46O7/c1-16(7-10-24(32)34-6)20-8-9-21-25-22(12-14-28(20,21)4)29(5)13-11-19(35-17(2)30)15-23(29)26(33)27(25)36-18(3)31/h16,19-23,25-27,33H,7-15H2,1-6H3/t16-,19-,20-,21+,22+,23+,25+,26+,27+,28-,29-/m1/s1. The largest absolute Gasteiger partial charge is 0.469 e. The lowest BCUT2D eigenvalue weighted by molar-refractivity contribution is -0.235. The van der Waals surface area contributed by atoms with Crippen molar-refractivity contribution >= 4 is 17.9 Å². The van der Waals surface area contributed by atoms with Crippen LogP contribution in [0, 0.1) is 46.3 Å². The number of aliphatic hydroxyl groups excluding tert-OH is 1. The topological polar surface area (TPSA) is 99.1 Å². The zero-order valence-corrected chi connectivity index (χ0v) is 23.0. The van der Waals surface area contributed by atoms with Gasteiger partial charge < -0.3 is 19.3 Å². The Labute approximate surface area is 216 Å². The lowest BCUT2D eigenvalue weighted by Crippen LogP contribution is -2.65. The lowest BCUT2D eigenvalue weighted by Gasteiger charge is -2.64. The van der Waals surface area contributed by atoms with E-state index in [2.05, 4.69) is 20.8 Å². The van der Waals surface area contributed by atoms with E-state index in [9.17, 15) is 19.5 Å². The molecule has 4 saturated carbocycles. The van der Waals surface area contributed by atoms with E-state index >= 15 is 0 Å². The summed E-state index contributed by atoms with van der Waals surface area (Å²) in [5.41, 5.74) is 0.0141. The number of carbonyl (C=O) groups is 3. The van der Waals surface area contributed by atoms with Gasteiger partial charge in [0.15, 0.2) is 0 Å². The first-order chi connectivity index (χ1) is 16.9. The predicted octanol–water partition coefficient (Wildman–Crippen LogP) is 4.68. The van der Waals surface area contributed by atoms with E-state index in [1.165, 1.54) is 21.0 Å². The molecular weight excluding hydrogens is 460 g/mol. The van der Waals surface area contributed by atoms with Crippen LogP contribution in [0.5, 0.6) is 0 Å². The molecule has 4 rings (SSSR count). The summed E-state index contributed by atoms with van der Waals surface area (Å²) in [6.45, 7) is 9.87. The van der Waals surface area contributed by atoms with Gasteiger partial charge >= 0.3 is 17.9 Å². The molecule has 4 fully saturated rings. The first-order valence-corrected chi connectivity index (χ1v) is 14.0. The van der Waals surface area contributed by atoms with E-state index in [-0.39, 0.29) is 46.7 Å². The Balaban J connectivity index is 1.62. The molecule has 0 heterocycles. The smallest absolute Gasteiger partial charge is 0.305 e. The third-order valence-corrected chi connectivity index (χ3v) is 11.1. The van der Waals surface area contributed by atoms with Gasteiger partial charge in [0.25, 0.3) is 0 Å². The number of hydrogen-bond donors (Lipinski definition) is 1. The minimum atomic E-state index is -0.767. The van der Waals surface area contributed by atoms with Crippen molar-refractivity contribution in [2.24, 2.45) is 46.3 Å². The molecule has 0 aromatic carbocycles. The first kappa shape index (κ1) is 27.4. The molecule has 0 saturated heterocycles. The summed E-state index contributed by atoms with van der Waals surface area (Å²) >= 11 is 0. The van der Waals surface area contributed by atoms with Gasteiger partial charge in [-0.1, -0.05) is 20.8 Å². The SMILES string of the molecule is COC(=O)CC[C@@H](C)[C@H]1CC[C@H]2[C@@H]3[C@H](OC(C)=O)[C@@H](O)[C@@H]4C[C@H](OC(C)=O)CC[C@]4(C)[C@H]3CC[C@]12C. The maximum atomic E-state index is 12.3. The monoisotopic (exact) mass is 506 g/mol. The van der Waals surface area contributed by atoms with Crippen LogP contribution in [0.2, 0.25) is 0 Å². The van der Waals surface area contributed by atoms with Crippen molar-refractivity contribution in [1.29, 1.82) is 0 Å². The number of methoxy groups -OCH3 is 1. The number of hydrogen-bond acceptors (Lipinski definition) is 7. The van der Waals surface area contributed by atoms with E-state index in [0.717, 1.165) is 44.9 Å². The minimum absolute atomic E-state index is 0.0678. The van der Waals surface area contributed by atoms with Gasteiger partial charge in [0.05, 0.1) is 13.2 Å². The zero-order chi connectivity index (χ0) is 26.4. The average molecular weight is 507 g/mol. The van der Waals surface area contributed by atoms with Gasteiger partial charge in [-0.3, -0.25) is 14.4 Å². The highest BCUT2D eigenvalue weighted by Gasteiger charge is 2.66. The summed E-state index contributed by atoms with van der Waals surface area (Å²) in [7, 11) is 1.44. The maximum absolute atomic E-state index is 12.3. The van der Waals surface area contributed by atoms with Gasteiger partial charge in [-0.2, -0.15) is 0 Å². The number of fused-ring (bicyclic) bond motifs is 5. The van der Waals surface area contributed by atoms with Crippen LogP contribution in [-0.4, -0.2) is 48.4 Å². The van der Waals surface area contributed by atoms with Crippen molar-refractivity contribution in [3.63, 3.8) is 0 Å². The van der Waals surface area contributed by atoms with Gasteiger partial charge in [-0.25, -0.2) is 0 Å². The zero-order valence-electron chi connectivity index (χ0n) is 23.0. The van der Waals surface area contributed by atoms with Crippen molar-refractivity contribution in [2.45, 2.75) is 111 Å². The summed E-state index contributed by atoms with van der Waals surface area (Å²) in [6.07, 6.45) is 6.44. The quantitative estimate of drug-likeness (QED) is 0.412. The highest BCUT2D eigenvalue weighted by Crippen LogP contribution is 2.68. The van der Waals surface area contributed by atoms with Crippen molar-refractivity contribution in [2.75, 3.05) is 7.11 Å². The van der Waals surface area contributed by atoms with Crippen LogP contribution in [0.25, 0.3) is 0 Å². The van der Waals surface area contributed by atoms with Crippen LogP contribution >= 0.6 is 0 Å². The molecule has 4 aliphatic rings. The Morgan fingerprint density at radius 3 is 2.19 bits per heavy atom. The fraction of sp³-hybridized carbons (Fsp3) is 0.897. The Morgan fingerprint density at radius 2 is 1.56 bits per heavy atom. The van der Waals surface area contributed by atoms with E-state index < -0.39 is 12.2 Å². The van der Waals surface area contributed by atoms with Crippen molar-refractivity contribution < 1.29 is 33.7 Å². The molecule has 0 aromatic rings. The van der Waals surface area contributed by atoms with Crippen LogP contribution in [0.15, 0.2) is 0 Å². The molecule has 7 nitrogen and oxygen atoms in total. The van der Waals surface area contributed by atoms with Crippen LogP contribution < -0.4 is 0 Å². The van der Waals surface area contributed by atoms with Crippen molar-refractivity contribution in [3.05, 3.63) is 0 Å². The van der Waals surface area contributed by atoms with Gasteiger partial charge in [0, 0.05) is 26.2 Å². The lowest BCUT2D eigenvalue weighted by atomic mass is 9.43. The number of ether oxygens (including phenoxy) is 3. The molecule has 0 aromatic heterocycles. The van der Waals surface area contributed by atoms with Gasteiger partial charge in [-0.15, -0.1) is 0 Å². The molecule has 1 N–H and O–H groups in total. The Kier molecular flexibility index (Phi) is 7.81. The Hall–Kier alpha value is -1.63. The molecule has 0 aliphatic heterocycles. The number of esters is 3. The molecule has 4 aliphatic carbocycles. The third-order valence-electron chi connectivity index (χ3n) is 11.1. The summed E-state index contributed by atoms with van der Waals surface area (Å²) in [4.78, 5) is 35.7. The normalized spacial score (nSPS) is 44.4. The Morgan fingerprint density at radius 1 is 0.917 bits per heavy atom. The van der Waals surface area contributed by atoms with Crippen LogP contribution in [-0.2, 0) is 28.6 Å². The molecule has 0 radical (unpaired) electrons. The fourth-order valence-corrected chi connectivity index (χ4v) is 9.50. The molecule has 36 heavy (non-hydrogen) atoms. The van der Waals surface area contributed by atoms with Gasteiger partial charge in [-0.05, 0) is 91.8 Å². The number of carbonyl (C=O) groups excluding carboxylic acids is 3. The van der Waals surface area contributed by atoms with E-state index in [4.69, 9.17) is 14.2 Å². The van der Waals surface area contributed by atoms with E-state index in [1.54, 1.807) is 0 Å². The molecule has 0 bridgehead atoms. The van der Waals surface area contributed by atoms with Gasteiger partial charge in [0.2, 0.25) is 0 Å². The second kappa shape index (κ2) is 10.3. The molecule has 7 heteroatoms. The van der Waals surface area contributed by atoms with E-state index in [1.807, 2.05) is 0 Å². The van der Waals surface area contributed by atoms with Crippen LogP contribution in [0.4, 0.5) is 0 Å². The maximum Gasteiger partial charge on any atom is 0.305 e. The molecule has 204 valence electrons. The van der Waals surface area contributed by atoms with Crippen molar-refractivity contribution in [3.8, 4) is 0 Å². The Bertz CT molecular complexity index is 857. The molecule has 0 spiro atoms. The average Bonchev–Trinajstić information content (AvgIpc) is 3.17. The minimum Gasteiger partial charge on any atom is -0.469 e. The fourth-order valence-electron chi connectivity index (χ4n) is 9.50. The second-order valence-corrected chi connectivity index (χ2v) is 12.8. The second-order valence-electron chi connectivity index (χ2n) is 12.8. The molecular formula is C29H46O7. The van der Waals surface area contributed by atoms with Crippen molar-refractivity contribution in [1.82, 2.24) is 0 Å². The number of aliphatic hydroxyl groups is 1. The third kappa shape index (κ3) is 4.69. The molecule has 0 amide bonds. The predicted molar refractivity (Wildman–Crippen MR) is 134 cm³/mol. The highest BCUT2D eigenvalue weighted by molar-refractivity contribution is 5.69. The van der Waals surface area contributed by atoms with E-state index in [0.29, 0.717) is 36.5 Å². The number of rotatable bonds is 6.